The zero-order chi connectivity index (χ0) is 38.6. The molecule has 5 aromatic carbocycles. The number of nitrogens with one attached hydrogen (secondary N) is 4. The van der Waals surface area contributed by atoms with Gasteiger partial charge in [-0.2, -0.15) is 5.10 Å². The van der Waals surface area contributed by atoms with Crippen molar-refractivity contribution in [3.63, 3.8) is 0 Å². The van der Waals surface area contributed by atoms with Gasteiger partial charge in [0, 0.05) is 19.1 Å². The van der Waals surface area contributed by atoms with Gasteiger partial charge in [-0.15, -0.1) is 0 Å². The van der Waals surface area contributed by atoms with E-state index in [1.165, 1.54) is 6.21 Å². The monoisotopic (exact) mass is 736 g/mol. The minimum atomic E-state index is -1.10. The summed E-state index contributed by atoms with van der Waals surface area (Å²) in [6.45, 7) is -0.235. The van der Waals surface area contributed by atoms with Crippen LogP contribution in [0.3, 0.4) is 0 Å². The number of carbonyl (C=O) groups excluding carboxylic acids is 5. The number of carbonyl (C=O) groups is 5. The number of hydrazone groups is 1. The predicted octanol–water partition coefficient (Wildman–Crippen LogP) is 2.93. The fourth-order valence-electron chi connectivity index (χ4n) is 6.14. The summed E-state index contributed by atoms with van der Waals surface area (Å²) in [5, 5.41) is 18.0. The second-order valence-corrected chi connectivity index (χ2v) is 13.4. The maximum Gasteiger partial charge on any atom is 0.408 e. The molecule has 3 atom stereocenters. The van der Waals surface area contributed by atoms with Crippen molar-refractivity contribution in [3.8, 4) is 0 Å². The van der Waals surface area contributed by atoms with Crippen LogP contribution in [0.5, 0.6) is 0 Å². The molecule has 0 aromatic heterocycles. The second-order valence-electron chi connectivity index (χ2n) is 13.4. The Labute approximate surface area is 319 Å². The van der Waals surface area contributed by atoms with E-state index < -0.39 is 48.0 Å². The summed E-state index contributed by atoms with van der Waals surface area (Å²) in [4.78, 5) is 65.6. The number of nitrogens with zero attached hydrogens (tertiary/aromatic N) is 2. The summed E-state index contributed by atoms with van der Waals surface area (Å²) in [6.07, 6.45) is 1.19. The van der Waals surface area contributed by atoms with Gasteiger partial charge in [0.05, 0.1) is 6.04 Å². The number of ether oxygens (including phenoxy) is 1. The van der Waals surface area contributed by atoms with Crippen molar-refractivity contribution in [1.82, 2.24) is 26.3 Å². The Balaban J connectivity index is 1.26. The van der Waals surface area contributed by atoms with Gasteiger partial charge in [-0.3, -0.25) is 19.7 Å². The minimum absolute atomic E-state index is 0.0101. The largest absolute Gasteiger partial charge is 0.445 e. The van der Waals surface area contributed by atoms with Crippen molar-refractivity contribution in [1.29, 1.82) is 0 Å². The Kier molecular flexibility index (Phi) is 12.7. The second kappa shape index (κ2) is 18.3. The molecule has 0 saturated carbocycles. The summed E-state index contributed by atoms with van der Waals surface area (Å²) in [5.41, 5.74) is 4.30. The Hall–Kier alpha value is -6.76. The number of benzene rings is 5. The van der Waals surface area contributed by atoms with Gasteiger partial charge in [-0.1, -0.05) is 133 Å². The highest BCUT2D eigenvalue weighted by Crippen LogP contribution is 2.17. The molecule has 0 bridgehead atoms. The average Bonchev–Trinajstić information content (AvgIpc) is 3.52. The first-order chi connectivity index (χ1) is 26.7. The van der Waals surface area contributed by atoms with Gasteiger partial charge >= 0.3 is 12.1 Å². The van der Waals surface area contributed by atoms with E-state index in [9.17, 15) is 24.0 Å². The van der Waals surface area contributed by atoms with Crippen LogP contribution in [0.25, 0.3) is 10.8 Å². The van der Waals surface area contributed by atoms with Gasteiger partial charge in [-0.25, -0.2) is 14.6 Å². The van der Waals surface area contributed by atoms with Crippen LogP contribution in [-0.2, 0) is 45.0 Å². The summed E-state index contributed by atoms with van der Waals surface area (Å²) in [7, 11) is 1.96. The number of imide groups is 1. The molecule has 0 spiro atoms. The highest BCUT2D eigenvalue weighted by Gasteiger charge is 2.30. The Morgan fingerprint density at radius 2 is 1.27 bits per heavy atom. The molecule has 4 N–H and O–H groups in total. The molecular formula is C42H41BN6O6. The van der Waals surface area contributed by atoms with E-state index in [1.807, 2.05) is 135 Å². The molecule has 1 saturated heterocycles. The Morgan fingerprint density at radius 1 is 0.691 bits per heavy atom. The number of hydrogen-bond donors (Lipinski definition) is 4. The zero-order valence-electron chi connectivity index (χ0n) is 30.3. The Bertz CT molecular complexity index is 2170. The number of alkyl carbamates (subject to hydrolysis) is 1. The topological polar surface area (TPSA) is 158 Å². The molecule has 6 rings (SSSR count). The number of amides is 6. The SMILES string of the molecule is Bc1ccc(CC(NC(=O)OCc2ccccc2)C(=O)NC(Cc2ccc3ccccc3c2)C(=O)NC(C=NN2CC(=O)NC2=O)Cc2ccccc2)cc1. The smallest absolute Gasteiger partial charge is 0.408 e. The molecular weight excluding hydrogens is 695 g/mol. The minimum Gasteiger partial charge on any atom is -0.445 e. The zero-order valence-corrected chi connectivity index (χ0v) is 30.3. The normalized spacial score (nSPS) is 14.2. The molecule has 55 heavy (non-hydrogen) atoms. The van der Waals surface area contributed by atoms with Gasteiger partial charge in [0.15, 0.2) is 0 Å². The summed E-state index contributed by atoms with van der Waals surface area (Å²) in [6, 6.07) is 36.3. The van der Waals surface area contributed by atoms with E-state index in [0.717, 1.165) is 43.5 Å². The van der Waals surface area contributed by atoms with E-state index >= 15 is 0 Å². The van der Waals surface area contributed by atoms with Gasteiger partial charge < -0.3 is 20.7 Å². The molecule has 1 aliphatic heterocycles. The van der Waals surface area contributed by atoms with E-state index in [4.69, 9.17) is 4.74 Å². The predicted molar refractivity (Wildman–Crippen MR) is 212 cm³/mol. The highest BCUT2D eigenvalue weighted by atomic mass is 16.5. The van der Waals surface area contributed by atoms with E-state index in [0.29, 0.717) is 6.42 Å². The van der Waals surface area contributed by atoms with Crippen LogP contribution in [0, 0.1) is 0 Å². The lowest BCUT2D eigenvalue weighted by atomic mass is 9.93. The summed E-state index contributed by atoms with van der Waals surface area (Å²) < 4.78 is 5.47. The van der Waals surface area contributed by atoms with Crippen LogP contribution < -0.4 is 26.7 Å². The van der Waals surface area contributed by atoms with Gasteiger partial charge in [0.1, 0.15) is 33.1 Å². The third-order valence-corrected chi connectivity index (χ3v) is 9.05. The average molecular weight is 737 g/mol. The molecule has 278 valence electrons. The van der Waals surface area contributed by atoms with E-state index in [1.54, 1.807) is 0 Å². The van der Waals surface area contributed by atoms with Crippen molar-refractivity contribution in [2.45, 2.75) is 44.0 Å². The maximum atomic E-state index is 14.3. The van der Waals surface area contributed by atoms with E-state index in [2.05, 4.69) is 26.4 Å². The third-order valence-electron chi connectivity index (χ3n) is 9.05. The number of fused-ring (bicyclic) bond motifs is 1. The first kappa shape index (κ1) is 38.0. The van der Waals surface area contributed by atoms with E-state index in [-0.39, 0.29) is 26.0 Å². The molecule has 12 nitrogen and oxygen atoms in total. The van der Waals surface area contributed by atoms with Crippen molar-refractivity contribution in [3.05, 3.63) is 150 Å². The van der Waals surface area contributed by atoms with Crippen LogP contribution in [0.15, 0.2) is 132 Å². The third kappa shape index (κ3) is 11.1. The molecule has 1 fully saturated rings. The molecule has 13 heteroatoms. The van der Waals surface area contributed by atoms with Crippen molar-refractivity contribution in [2.24, 2.45) is 5.10 Å². The summed E-state index contributed by atoms with van der Waals surface area (Å²) in [5.74, 6) is -1.59. The van der Waals surface area contributed by atoms with Crippen LogP contribution >= 0.6 is 0 Å². The fraction of sp³-hybridized carbons (Fsp3) is 0.190. The molecule has 0 radical (unpaired) electrons. The highest BCUT2D eigenvalue weighted by molar-refractivity contribution is 6.32. The van der Waals surface area contributed by atoms with Gasteiger partial charge in [0.25, 0.3) is 0 Å². The number of rotatable bonds is 15. The van der Waals surface area contributed by atoms with Gasteiger partial charge in [0.2, 0.25) is 17.7 Å². The molecule has 5 aromatic rings. The first-order valence-corrected chi connectivity index (χ1v) is 18.0. The first-order valence-electron chi connectivity index (χ1n) is 18.0. The van der Waals surface area contributed by atoms with Crippen molar-refractivity contribution in [2.75, 3.05) is 6.54 Å². The van der Waals surface area contributed by atoms with Crippen LogP contribution in [0.2, 0.25) is 0 Å². The van der Waals surface area contributed by atoms with Gasteiger partial charge in [-0.05, 0) is 39.4 Å². The summed E-state index contributed by atoms with van der Waals surface area (Å²) >= 11 is 0. The molecule has 1 heterocycles. The standard InChI is InChI=1S/C42H41BN6O6/c43-34-19-16-29(17-20-34)23-37(47-42(54)55-27-30-11-5-2-6-12-30)40(52)46-36(24-31-15-18-32-13-7-8-14-33(32)21-31)39(51)45-35(22-28-9-3-1-4-10-28)25-44-49-26-38(50)48-41(49)53/h1-21,25,35-37H,22-24,26-27,43H2,(H,45,51)(H,46,52)(H,47,54)(H,48,50,53). The number of hydrogen-bond acceptors (Lipinski definition) is 7. The van der Waals surface area contributed by atoms with Crippen LogP contribution in [0.1, 0.15) is 22.3 Å². The molecule has 3 unspecified atom stereocenters. The molecule has 1 aliphatic rings. The van der Waals surface area contributed by atoms with Crippen molar-refractivity contribution >= 4 is 60.1 Å². The van der Waals surface area contributed by atoms with Crippen LogP contribution in [0.4, 0.5) is 9.59 Å². The lowest BCUT2D eigenvalue weighted by molar-refractivity contribution is -0.130. The fourth-order valence-corrected chi connectivity index (χ4v) is 6.14. The van der Waals surface area contributed by atoms with Crippen LogP contribution in [-0.4, -0.2) is 73.6 Å². The Morgan fingerprint density at radius 3 is 1.96 bits per heavy atom. The lowest BCUT2D eigenvalue weighted by Gasteiger charge is -2.25. The quantitative estimate of drug-likeness (QED) is 0.0736. The molecule has 0 aliphatic carbocycles. The lowest BCUT2D eigenvalue weighted by Crippen LogP contribution is -2.56. The van der Waals surface area contributed by atoms with Crippen molar-refractivity contribution < 1.29 is 28.7 Å². The molecule has 6 amide bonds. The maximum absolute atomic E-state index is 14.3. The number of urea groups is 1.